The highest BCUT2D eigenvalue weighted by Gasteiger charge is 2.44. The lowest BCUT2D eigenvalue weighted by atomic mass is 9.82. The first-order valence-electron chi connectivity index (χ1n) is 14.2. The standard InChI is InChI=1S/C31H40F2N2O5/c1-4-7-35(8-5-2)31(38)23-11-19(3)10-22(15-23)30(37)34-27(14-20-12-24(32)16-25(33)13-20)28(36)26-18-39-17-21-6-9-40-29(21)26/h10-13,15-16,21,26-29,36H,4-9,14,17-18H2,1-3H3,(H,34,37)/t21?,26?,27-,28-,29-/m0/s1. The molecule has 7 nitrogen and oxygen atoms in total. The van der Waals surface area contributed by atoms with Crippen molar-refractivity contribution in [2.45, 2.75) is 64.7 Å². The van der Waals surface area contributed by atoms with E-state index < -0.39 is 35.6 Å². The lowest BCUT2D eigenvalue weighted by Crippen LogP contribution is -2.54. The fraction of sp³-hybridized carbons (Fsp3) is 0.548. The Balaban J connectivity index is 1.60. The number of benzene rings is 2. The highest BCUT2D eigenvalue weighted by molar-refractivity contribution is 6.00. The summed E-state index contributed by atoms with van der Waals surface area (Å²) in [5.41, 5.74) is 1.74. The molecule has 0 bridgehead atoms. The Labute approximate surface area is 234 Å². The van der Waals surface area contributed by atoms with E-state index in [1.54, 1.807) is 23.1 Å². The number of fused-ring (bicyclic) bond motifs is 1. The van der Waals surface area contributed by atoms with E-state index in [-0.39, 0.29) is 36.5 Å². The van der Waals surface area contributed by atoms with Crippen molar-refractivity contribution in [2.24, 2.45) is 11.8 Å². The second-order valence-corrected chi connectivity index (χ2v) is 11.0. The zero-order valence-electron chi connectivity index (χ0n) is 23.5. The molecule has 2 saturated heterocycles. The number of nitrogens with zero attached hydrogens (tertiary/aromatic N) is 1. The molecular formula is C31H40F2N2O5. The minimum atomic E-state index is -1.10. The second kappa shape index (κ2) is 13.7. The summed E-state index contributed by atoms with van der Waals surface area (Å²) in [6.45, 7) is 8.45. The topological polar surface area (TPSA) is 88.1 Å². The van der Waals surface area contributed by atoms with Gasteiger partial charge in [-0.2, -0.15) is 0 Å². The third-order valence-electron chi connectivity index (χ3n) is 7.73. The van der Waals surface area contributed by atoms with Gasteiger partial charge in [-0.15, -0.1) is 0 Å². The highest BCUT2D eigenvalue weighted by Crippen LogP contribution is 2.34. The van der Waals surface area contributed by atoms with Crippen LogP contribution in [-0.4, -0.2) is 73.0 Å². The minimum absolute atomic E-state index is 0.00610. The molecule has 5 atom stereocenters. The number of amides is 2. The highest BCUT2D eigenvalue weighted by atomic mass is 19.1. The van der Waals surface area contributed by atoms with Crippen molar-refractivity contribution in [3.05, 3.63) is 70.3 Å². The Morgan fingerprint density at radius 2 is 1.70 bits per heavy atom. The van der Waals surface area contributed by atoms with Gasteiger partial charge in [-0.1, -0.05) is 13.8 Å². The molecule has 2 unspecified atom stereocenters. The Morgan fingerprint density at radius 3 is 2.38 bits per heavy atom. The normalized spacial score (nSPS) is 21.9. The number of halogens is 2. The predicted octanol–water partition coefficient (Wildman–Crippen LogP) is 4.29. The molecule has 2 heterocycles. The molecule has 2 aromatic carbocycles. The van der Waals surface area contributed by atoms with Crippen molar-refractivity contribution in [2.75, 3.05) is 32.9 Å². The number of hydrogen-bond donors (Lipinski definition) is 2. The third-order valence-corrected chi connectivity index (χ3v) is 7.73. The van der Waals surface area contributed by atoms with Gasteiger partial charge in [-0.05, 0) is 74.1 Å². The molecule has 4 rings (SSSR count). The van der Waals surface area contributed by atoms with E-state index in [1.807, 2.05) is 20.8 Å². The SMILES string of the molecule is CCCN(CCC)C(=O)c1cc(C)cc(C(=O)N[C@@H](Cc2cc(F)cc(F)c2)[C@@H](O)C2COCC3CCO[C@@H]32)c1. The Bertz CT molecular complexity index is 1170. The fourth-order valence-electron chi connectivity index (χ4n) is 5.92. The smallest absolute Gasteiger partial charge is 0.253 e. The van der Waals surface area contributed by atoms with Crippen molar-refractivity contribution in [1.82, 2.24) is 10.2 Å². The number of aryl methyl sites for hydroxylation is 1. The minimum Gasteiger partial charge on any atom is -0.390 e. The number of nitrogens with one attached hydrogen (secondary N) is 1. The van der Waals surface area contributed by atoms with Crippen LogP contribution in [0.5, 0.6) is 0 Å². The zero-order chi connectivity index (χ0) is 28.8. The zero-order valence-corrected chi connectivity index (χ0v) is 23.5. The number of aliphatic hydroxyl groups excluding tert-OH is 1. The van der Waals surface area contributed by atoms with Gasteiger partial charge in [0.05, 0.1) is 31.5 Å². The van der Waals surface area contributed by atoms with E-state index in [0.29, 0.717) is 37.4 Å². The fourth-order valence-corrected chi connectivity index (χ4v) is 5.92. The molecule has 0 saturated carbocycles. The third kappa shape index (κ3) is 7.25. The lowest BCUT2D eigenvalue weighted by Gasteiger charge is -2.38. The molecular weight excluding hydrogens is 518 g/mol. The van der Waals surface area contributed by atoms with Gasteiger partial charge in [0.15, 0.2) is 0 Å². The molecule has 40 heavy (non-hydrogen) atoms. The maximum absolute atomic E-state index is 14.0. The summed E-state index contributed by atoms with van der Waals surface area (Å²) < 4.78 is 39.7. The van der Waals surface area contributed by atoms with E-state index in [1.165, 1.54) is 12.1 Å². The van der Waals surface area contributed by atoms with Crippen LogP contribution in [0.4, 0.5) is 8.78 Å². The van der Waals surface area contributed by atoms with Gasteiger partial charge in [0.2, 0.25) is 0 Å². The van der Waals surface area contributed by atoms with Gasteiger partial charge in [0, 0.05) is 48.7 Å². The Morgan fingerprint density at radius 1 is 1.02 bits per heavy atom. The maximum atomic E-state index is 14.0. The molecule has 0 radical (unpaired) electrons. The molecule has 2 N–H and O–H groups in total. The molecule has 2 amide bonds. The maximum Gasteiger partial charge on any atom is 0.253 e. The molecule has 0 aromatic heterocycles. The lowest BCUT2D eigenvalue weighted by molar-refractivity contribution is -0.112. The summed E-state index contributed by atoms with van der Waals surface area (Å²) in [5, 5.41) is 14.4. The molecule has 218 valence electrons. The predicted molar refractivity (Wildman–Crippen MR) is 147 cm³/mol. The van der Waals surface area contributed by atoms with Crippen molar-refractivity contribution in [3.8, 4) is 0 Å². The van der Waals surface area contributed by atoms with Crippen LogP contribution in [-0.2, 0) is 15.9 Å². The molecule has 9 heteroatoms. The number of rotatable bonds is 11. The number of carbonyl (C=O) groups excluding carboxylic acids is 2. The van der Waals surface area contributed by atoms with Crippen LogP contribution >= 0.6 is 0 Å². The van der Waals surface area contributed by atoms with E-state index in [2.05, 4.69) is 5.32 Å². The van der Waals surface area contributed by atoms with E-state index >= 15 is 0 Å². The average molecular weight is 559 g/mol. The second-order valence-electron chi connectivity index (χ2n) is 11.0. The summed E-state index contributed by atoms with van der Waals surface area (Å²) in [7, 11) is 0. The van der Waals surface area contributed by atoms with Gasteiger partial charge in [0.1, 0.15) is 11.6 Å². The van der Waals surface area contributed by atoms with Crippen molar-refractivity contribution < 1.29 is 33.0 Å². The van der Waals surface area contributed by atoms with Crippen LogP contribution in [0, 0.1) is 30.4 Å². The summed E-state index contributed by atoms with van der Waals surface area (Å²) >= 11 is 0. The number of aliphatic hydroxyl groups is 1. The van der Waals surface area contributed by atoms with Crippen LogP contribution in [0.25, 0.3) is 0 Å². The van der Waals surface area contributed by atoms with E-state index in [4.69, 9.17) is 9.47 Å². The average Bonchev–Trinajstić information content (AvgIpc) is 3.40. The number of hydrogen-bond acceptors (Lipinski definition) is 5. The quantitative estimate of drug-likeness (QED) is 0.430. The van der Waals surface area contributed by atoms with Gasteiger partial charge in [-0.3, -0.25) is 9.59 Å². The monoisotopic (exact) mass is 558 g/mol. The number of carbonyl (C=O) groups is 2. The van der Waals surface area contributed by atoms with Gasteiger partial charge < -0.3 is 24.8 Å². The molecule has 2 aromatic rings. The summed E-state index contributed by atoms with van der Waals surface area (Å²) in [6, 6.07) is 7.29. The van der Waals surface area contributed by atoms with Crippen LogP contribution in [0.1, 0.15) is 65.0 Å². The molecule has 0 aliphatic carbocycles. The first-order chi connectivity index (χ1) is 19.2. The van der Waals surface area contributed by atoms with Crippen LogP contribution in [0.15, 0.2) is 36.4 Å². The summed E-state index contributed by atoms with van der Waals surface area (Å²) in [6.07, 6.45) is 1.14. The molecule has 2 aliphatic rings. The Hall–Kier alpha value is -2.88. The Kier molecular flexibility index (Phi) is 10.3. The van der Waals surface area contributed by atoms with Crippen LogP contribution in [0.2, 0.25) is 0 Å². The van der Waals surface area contributed by atoms with E-state index in [0.717, 1.165) is 30.9 Å². The van der Waals surface area contributed by atoms with Crippen molar-refractivity contribution >= 4 is 11.8 Å². The first-order valence-corrected chi connectivity index (χ1v) is 14.2. The van der Waals surface area contributed by atoms with E-state index in [9.17, 15) is 23.5 Å². The largest absolute Gasteiger partial charge is 0.390 e. The van der Waals surface area contributed by atoms with Crippen molar-refractivity contribution in [1.29, 1.82) is 0 Å². The molecule has 2 fully saturated rings. The van der Waals surface area contributed by atoms with Crippen LogP contribution < -0.4 is 5.32 Å². The molecule has 2 aliphatic heterocycles. The van der Waals surface area contributed by atoms with Gasteiger partial charge in [0.25, 0.3) is 11.8 Å². The van der Waals surface area contributed by atoms with Gasteiger partial charge in [-0.25, -0.2) is 8.78 Å². The molecule has 0 spiro atoms. The van der Waals surface area contributed by atoms with Gasteiger partial charge >= 0.3 is 0 Å². The van der Waals surface area contributed by atoms with Crippen LogP contribution in [0.3, 0.4) is 0 Å². The first kappa shape index (κ1) is 30.1. The number of ether oxygens (including phenoxy) is 2. The summed E-state index contributed by atoms with van der Waals surface area (Å²) in [4.78, 5) is 28.6. The van der Waals surface area contributed by atoms with Crippen molar-refractivity contribution in [3.63, 3.8) is 0 Å². The summed E-state index contributed by atoms with van der Waals surface area (Å²) in [5.74, 6) is -2.37.